The maximum absolute atomic E-state index is 12.6. The molecule has 0 unspecified atom stereocenters. The average Bonchev–Trinajstić information content (AvgIpc) is 3.54. The fourth-order valence-corrected chi connectivity index (χ4v) is 4.09. The highest BCUT2D eigenvalue weighted by atomic mass is 32.1. The lowest BCUT2D eigenvalue weighted by Gasteiger charge is -2.09. The van der Waals surface area contributed by atoms with Crippen LogP contribution in [-0.2, 0) is 14.3 Å². The number of hydrogen-bond donors (Lipinski definition) is 1. The molecule has 0 atom stereocenters. The SMILES string of the molecule is CCOC(=O)c1c(-c2ccccc2)csc1NC(=O)COC(=O)c1cccc(-n2cnnn2)c1. The standard InChI is InChI=1S/C23H19N5O5S/c1-2-32-23(31)20-18(15-7-4-3-5-8-15)13-34-21(20)25-19(29)12-33-22(30)16-9-6-10-17(11-16)28-14-24-26-27-28/h3-11,13-14H,2,12H2,1H3,(H,25,29). The third kappa shape index (κ3) is 5.15. The predicted octanol–water partition coefficient (Wildman–Crippen LogP) is 3.36. The van der Waals surface area contributed by atoms with E-state index in [2.05, 4.69) is 20.8 Å². The number of nitrogens with one attached hydrogen (secondary N) is 1. The summed E-state index contributed by atoms with van der Waals surface area (Å²) in [7, 11) is 0. The molecule has 0 fully saturated rings. The third-order valence-electron chi connectivity index (χ3n) is 4.64. The van der Waals surface area contributed by atoms with Crippen LogP contribution in [-0.4, -0.2) is 51.3 Å². The van der Waals surface area contributed by atoms with E-state index in [0.29, 0.717) is 16.3 Å². The Balaban J connectivity index is 1.45. The molecular formula is C23H19N5O5S. The van der Waals surface area contributed by atoms with Gasteiger partial charge in [0.05, 0.1) is 17.9 Å². The van der Waals surface area contributed by atoms with E-state index in [0.717, 1.165) is 5.56 Å². The first-order chi connectivity index (χ1) is 16.6. The lowest BCUT2D eigenvalue weighted by Crippen LogP contribution is -2.21. The van der Waals surface area contributed by atoms with Gasteiger partial charge in [-0.1, -0.05) is 36.4 Å². The summed E-state index contributed by atoms with van der Waals surface area (Å²) < 4.78 is 11.7. The summed E-state index contributed by atoms with van der Waals surface area (Å²) >= 11 is 1.19. The molecule has 4 rings (SSSR count). The van der Waals surface area contributed by atoms with Crippen molar-refractivity contribution in [2.45, 2.75) is 6.92 Å². The van der Waals surface area contributed by atoms with Gasteiger partial charge >= 0.3 is 11.9 Å². The number of rotatable bonds is 8. The van der Waals surface area contributed by atoms with Crippen LogP contribution in [0.4, 0.5) is 5.00 Å². The van der Waals surface area contributed by atoms with Crippen molar-refractivity contribution < 1.29 is 23.9 Å². The molecule has 0 saturated heterocycles. The summed E-state index contributed by atoms with van der Waals surface area (Å²) in [5.41, 5.74) is 2.52. The number of ether oxygens (including phenoxy) is 2. The minimum Gasteiger partial charge on any atom is -0.462 e. The maximum Gasteiger partial charge on any atom is 0.341 e. The van der Waals surface area contributed by atoms with Gasteiger partial charge in [-0.3, -0.25) is 4.79 Å². The van der Waals surface area contributed by atoms with Crippen LogP contribution in [0.1, 0.15) is 27.6 Å². The van der Waals surface area contributed by atoms with Crippen molar-refractivity contribution in [3.05, 3.63) is 77.4 Å². The number of nitrogens with zero attached hydrogens (tertiary/aromatic N) is 4. The number of carbonyl (C=O) groups excluding carboxylic acids is 3. The second-order valence-corrected chi connectivity index (χ2v) is 7.75. The van der Waals surface area contributed by atoms with Gasteiger partial charge in [-0.05, 0) is 41.1 Å². The summed E-state index contributed by atoms with van der Waals surface area (Å²) in [4.78, 5) is 37.6. The molecule has 0 aliphatic rings. The van der Waals surface area contributed by atoms with Gasteiger partial charge < -0.3 is 14.8 Å². The number of tetrazole rings is 1. The summed E-state index contributed by atoms with van der Waals surface area (Å²) in [5.74, 6) is -1.82. The number of benzene rings is 2. The Bertz CT molecular complexity index is 1300. The molecule has 0 bridgehead atoms. The smallest absolute Gasteiger partial charge is 0.341 e. The average molecular weight is 478 g/mol. The van der Waals surface area contributed by atoms with Gasteiger partial charge in [0, 0.05) is 10.9 Å². The maximum atomic E-state index is 12.6. The Kier molecular flexibility index (Phi) is 7.04. The normalized spacial score (nSPS) is 10.5. The highest BCUT2D eigenvalue weighted by Gasteiger charge is 2.23. The number of esters is 2. The van der Waals surface area contributed by atoms with Gasteiger partial charge in [-0.2, -0.15) is 0 Å². The second kappa shape index (κ2) is 10.5. The Morgan fingerprint density at radius 1 is 1.03 bits per heavy atom. The Morgan fingerprint density at radius 3 is 2.59 bits per heavy atom. The summed E-state index contributed by atoms with van der Waals surface area (Å²) in [6.07, 6.45) is 1.39. The molecule has 1 N–H and O–H groups in total. The molecule has 0 spiro atoms. The quantitative estimate of drug-likeness (QED) is 0.383. The molecule has 1 amide bonds. The zero-order valence-corrected chi connectivity index (χ0v) is 18.8. The number of hydrogen-bond acceptors (Lipinski definition) is 9. The first kappa shape index (κ1) is 22.8. The van der Waals surface area contributed by atoms with E-state index in [9.17, 15) is 14.4 Å². The van der Waals surface area contributed by atoms with Gasteiger partial charge in [-0.25, -0.2) is 14.3 Å². The monoisotopic (exact) mass is 477 g/mol. The van der Waals surface area contributed by atoms with Gasteiger partial charge in [-0.15, -0.1) is 16.4 Å². The third-order valence-corrected chi connectivity index (χ3v) is 5.53. The molecule has 34 heavy (non-hydrogen) atoms. The topological polar surface area (TPSA) is 125 Å². The van der Waals surface area contributed by atoms with E-state index in [1.807, 2.05) is 30.3 Å². The van der Waals surface area contributed by atoms with Gasteiger partial charge in [0.1, 0.15) is 16.9 Å². The summed E-state index contributed by atoms with van der Waals surface area (Å²) in [6, 6.07) is 15.8. The summed E-state index contributed by atoms with van der Waals surface area (Å²) in [6.45, 7) is 1.37. The second-order valence-electron chi connectivity index (χ2n) is 6.87. The number of aromatic nitrogens is 4. The Labute approximate surface area is 198 Å². The van der Waals surface area contributed by atoms with Crippen LogP contribution < -0.4 is 5.32 Å². The van der Waals surface area contributed by atoms with Crippen molar-refractivity contribution in [3.63, 3.8) is 0 Å². The largest absolute Gasteiger partial charge is 0.462 e. The van der Waals surface area contributed by atoms with Crippen molar-refractivity contribution >= 4 is 34.2 Å². The van der Waals surface area contributed by atoms with Crippen molar-refractivity contribution in [1.82, 2.24) is 20.2 Å². The predicted molar refractivity (Wildman–Crippen MR) is 124 cm³/mol. The molecule has 172 valence electrons. The first-order valence-corrected chi connectivity index (χ1v) is 11.1. The number of carbonyl (C=O) groups is 3. The fraction of sp³-hybridized carbons (Fsp3) is 0.130. The van der Waals surface area contributed by atoms with Gasteiger partial charge in [0.15, 0.2) is 6.61 Å². The van der Waals surface area contributed by atoms with Crippen molar-refractivity contribution in [3.8, 4) is 16.8 Å². The highest BCUT2D eigenvalue weighted by Crippen LogP contribution is 2.36. The number of thiophene rings is 1. The zero-order chi connectivity index (χ0) is 23.9. The molecule has 0 radical (unpaired) electrons. The Morgan fingerprint density at radius 2 is 1.85 bits per heavy atom. The lowest BCUT2D eigenvalue weighted by atomic mass is 10.0. The van der Waals surface area contributed by atoms with Crippen molar-refractivity contribution in [1.29, 1.82) is 0 Å². The van der Waals surface area contributed by atoms with E-state index >= 15 is 0 Å². The van der Waals surface area contributed by atoms with Gasteiger partial charge in [0.25, 0.3) is 5.91 Å². The molecule has 2 heterocycles. The van der Waals surface area contributed by atoms with E-state index in [1.165, 1.54) is 22.3 Å². The molecule has 2 aromatic carbocycles. The van der Waals surface area contributed by atoms with Crippen LogP contribution in [0.3, 0.4) is 0 Å². The van der Waals surface area contributed by atoms with E-state index < -0.39 is 24.5 Å². The molecule has 0 aliphatic heterocycles. The fourth-order valence-electron chi connectivity index (χ4n) is 3.12. The van der Waals surface area contributed by atoms with Crippen molar-refractivity contribution in [2.75, 3.05) is 18.5 Å². The highest BCUT2D eigenvalue weighted by molar-refractivity contribution is 7.15. The van der Waals surface area contributed by atoms with E-state index in [1.54, 1.807) is 36.6 Å². The lowest BCUT2D eigenvalue weighted by molar-refractivity contribution is -0.119. The summed E-state index contributed by atoms with van der Waals surface area (Å²) in [5, 5.41) is 15.6. The van der Waals surface area contributed by atoms with E-state index in [-0.39, 0.29) is 17.7 Å². The van der Waals surface area contributed by atoms with Gasteiger partial charge in [0.2, 0.25) is 0 Å². The number of amides is 1. The Hall–Kier alpha value is -4.38. The molecule has 2 aromatic heterocycles. The first-order valence-electron chi connectivity index (χ1n) is 10.2. The molecule has 0 saturated carbocycles. The molecule has 4 aromatic rings. The van der Waals surface area contributed by atoms with Crippen LogP contribution in [0.5, 0.6) is 0 Å². The van der Waals surface area contributed by atoms with Crippen molar-refractivity contribution in [2.24, 2.45) is 0 Å². The minimum atomic E-state index is -0.688. The number of anilines is 1. The van der Waals surface area contributed by atoms with Crippen LogP contribution in [0.15, 0.2) is 66.3 Å². The van der Waals surface area contributed by atoms with Crippen LogP contribution in [0.25, 0.3) is 16.8 Å². The van der Waals surface area contributed by atoms with Crippen LogP contribution in [0, 0.1) is 0 Å². The molecule has 11 heteroatoms. The molecular weight excluding hydrogens is 458 g/mol. The van der Waals surface area contributed by atoms with Crippen LogP contribution >= 0.6 is 11.3 Å². The van der Waals surface area contributed by atoms with E-state index in [4.69, 9.17) is 9.47 Å². The zero-order valence-electron chi connectivity index (χ0n) is 18.0. The minimum absolute atomic E-state index is 0.192. The molecule has 0 aliphatic carbocycles. The molecule has 10 nitrogen and oxygen atoms in total. The van der Waals surface area contributed by atoms with Crippen LogP contribution in [0.2, 0.25) is 0 Å².